The smallest absolute Gasteiger partial charge is 0.264 e. The second kappa shape index (κ2) is 14.5. The number of nitrogens with zero attached hydrogens (tertiary/aromatic N) is 2. The molecular weight excluding hydrogens is 542 g/mol. The van der Waals surface area contributed by atoms with Gasteiger partial charge in [-0.2, -0.15) is 0 Å². The number of sulfonamides is 1. The second-order valence-electron chi connectivity index (χ2n) is 9.63. The summed E-state index contributed by atoms with van der Waals surface area (Å²) in [6.07, 6.45) is 1.08. The van der Waals surface area contributed by atoms with Crippen molar-refractivity contribution < 1.29 is 27.5 Å². The fourth-order valence-corrected chi connectivity index (χ4v) is 5.72. The van der Waals surface area contributed by atoms with E-state index in [-0.39, 0.29) is 23.4 Å². The average molecular weight is 582 g/mol. The molecule has 3 aromatic rings. The lowest BCUT2D eigenvalue weighted by Crippen LogP contribution is -2.53. The number of carbonyl (C=O) groups excluding carboxylic acids is 2. The SMILES string of the molecule is CC[C@H](C)NC(=O)[C@H](CC)N(Cc1ccc(OC)cc1)C(=O)CN(c1ccc(OC)cc1)S(=O)(=O)c1ccccc1. The van der Waals surface area contributed by atoms with Gasteiger partial charge in [0.2, 0.25) is 11.8 Å². The monoisotopic (exact) mass is 581 g/mol. The van der Waals surface area contributed by atoms with Crippen molar-refractivity contribution in [2.24, 2.45) is 0 Å². The lowest BCUT2D eigenvalue weighted by Gasteiger charge is -2.33. The number of benzene rings is 3. The van der Waals surface area contributed by atoms with E-state index in [1.54, 1.807) is 61.7 Å². The fraction of sp³-hybridized carbons (Fsp3) is 0.355. The van der Waals surface area contributed by atoms with E-state index < -0.39 is 28.5 Å². The highest BCUT2D eigenvalue weighted by atomic mass is 32.2. The molecule has 0 heterocycles. The standard InChI is InChI=1S/C31H39N3O6S/c1-6-23(3)32-31(36)29(7-2)33(21-24-13-17-26(39-4)18-14-24)30(35)22-34(25-15-19-27(40-5)20-16-25)41(37,38)28-11-9-8-10-12-28/h8-20,23,29H,6-7,21-22H2,1-5H3,(H,32,36)/t23-,29-/m0/s1. The molecule has 0 bridgehead atoms. The first-order valence-corrected chi connectivity index (χ1v) is 15.0. The molecule has 0 aromatic heterocycles. The number of nitrogens with one attached hydrogen (secondary N) is 1. The third-order valence-corrected chi connectivity index (χ3v) is 8.66. The van der Waals surface area contributed by atoms with E-state index >= 15 is 0 Å². The van der Waals surface area contributed by atoms with Crippen molar-refractivity contribution in [1.82, 2.24) is 10.2 Å². The molecule has 3 rings (SSSR count). The minimum absolute atomic E-state index is 0.0480. The minimum Gasteiger partial charge on any atom is -0.497 e. The second-order valence-corrected chi connectivity index (χ2v) is 11.5. The van der Waals surface area contributed by atoms with Crippen molar-refractivity contribution in [1.29, 1.82) is 0 Å². The van der Waals surface area contributed by atoms with Crippen LogP contribution in [0.15, 0.2) is 83.8 Å². The lowest BCUT2D eigenvalue weighted by molar-refractivity contribution is -0.140. The number of methoxy groups -OCH3 is 2. The molecule has 0 unspecified atom stereocenters. The van der Waals surface area contributed by atoms with E-state index in [0.717, 1.165) is 16.3 Å². The van der Waals surface area contributed by atoms with Gasteiger partial charge in [0.25, 0.3) is 10.0 Å². The summed E-state index contributed by atoms with van der Waals surface area (Å²) in [6.45, 7) is 5.30. The Labute approximate surface area is 243 Å². The molecule has 2 amide bonds. The van der Waals surface area contributed by atoms with Crippen LogP contribution in [0.5, 0.6) is 11.5 Å². The zero-order valence-electron chi connectivity index (χ0n) is 24.2. The summed E-state index contributed by atoms with van der Waals surface area (Å²) < 4.78 is 39.3. The van der Waals surface area contributed by atoms with Crippen molar-refractivity contribution in [2.45, 2.75) is 57.1 Å². The summed E-state index contributed by atoms with van der Waals surface area (Å²) in [5.41, 5.74) is 1.07. The first-order chi connectivity index (χ1) is 19.6. The first-order valence-electron chi connectivity index (χ1n) is 13.6. The van der Waals surface area contributed by atoms with Gasteiger partial charge in [0.05, 0.1) is 24.8 Å². The Hall–Kier alpha value is -4.05. The molecule has 0 saturated carbocycles. The average Bonchev–Trinajstić information content (AvgIpc) is 3.00. The number of amides is 2. The van der Waals surface area contributed by atoms with Gasteiger partial charge in [0.1, 0.15) is 24.1 Å². The number of carbonyl (C=O) groups is 2. The van der Waals surface area contributed by atoms with Crippen molar-refractivity contribution in [3.05, 3.63) is 84.4 Å². The summed E-state index contributed by atoms with van der Waals surface area (Å²) in [5, 5.41) is 2.98. The van der Waals surface area contributed by atoms with E-state index in [0.29, 0.717) is 23.6 Å². The third kappa shape index (κ3) is 8.00. The summed E-state index contributed by atoms with van der Waals surface area (Å²) >= 11 is 0. The van der Waals surface area contributed by atoms with Crippen LogP contribution in [0.4, 0.5) is 5.69 Å². The van der Waals surface area contributed by atoms with E-state index in [2.05, 4.69) is 5.32 Å². The van der Waals surface area contributed by atoms with Gasteiger partial charge >= 0.3 is 0 Å². The Morgan fingerprint density at radius 3 is 1.90 bits per heavy atom. The number of anilines is 1. The molecule has 0 saturated heterocycles. The normalized spacial score (nSPS) is 12.6. The summed E-state index contributed by atoms with van der Waals surface area (Å²) in [6, 6.07) is 20.7. The van der Waals surface area contributed by atoms with Crippen LogP contribution >= 0.6 is 0 Å². The van der Waals surface area contributed by atoms with Crippen molar-refractivity contribution in [2.75, 3.05) is 25.1 Å². The maximum Gasteiger partial charge on any atom is 0.264 e. The Morgan fingerprint density at radius 1 is 0.829 bits per heavy atom. The maximum absolute atomic E-state index is 14.1. The van der Waals surface area contributed by atoms with Crippen LogP contribution in [-0.2, 0) is 26.2 Å². The predicted octanol–water partition coefficient (Wildman–Crippen LogP) is 4.62. The Morgan fingerprint density at radius 2 is 1.39 bits per heavy atom. The Balaban J connectivity index is 2.04. The van der Waals surface area contributed by atoms with Crippen LogP contribution in [0.3, 0.4) is 0 Å². The Kier molecular flexibility index (Phi) is 11.2. The quantitative estimate of drug-likeness (QED) is 0.298. The minimum atomic E-state index is -4.13. The topological polar surface area (TPSA) is 105 Å². The largest absolute Gasteiger partial charge is 0.497 e. The van der Waals surface area contributed by atoms with Gasteiger partial charge in [-0.05, 0) is 73.9 Å². The van der Waals surface area contributed by atoms with Crippen LogP contribution in [0.2, 0.25) is 0 Å². The number of rotatable bonds is 14. The highest BCUT2D eigenvalue weighted by Crippen LogP contribution is 2.27. The zero-order chi connectivity index (χ0) is 30.0. The molecule has 0 aliphatic heterocycles. The van der Waals surface area contributed by atoms with Gasteiger partial charge in [0.15, 0.2) is 0 Å². The number of ether oxygens (including phenoxy) is 2. The van der Waals surface area contributed by atoms with Gasteiger partial charge in [-0.1, -0.05) is 44.2 Å². The molecular formula is C31H39N3O6S. The maximum atomic E-state index is 14.1. The van der Waals surface area contributed by atoms with Crippen molar-refractivity contribution in [3.8, 4) is 11.5 Å². The highest BCUT2D eigenvalue weighted by Gasteiger charge is 2.34. The summed E-state index contributed by atoms with van der Waals surface area (Å²) in [7, 11) is -1.05. The van der Waals surface area contributed by atoms with Crippen LogP contribution in [0, 0.1) is 0 Å². The van der Waals surface area contributed by atoms with E-state index in [1.807, 2.05) is 32.9 Å². The lowest BCUT2D eigenvalue weighted by atomic mass is 10.1. The third-order valence-electron chi connectivity index (χ3n) is 6.87. The van der Waals surface area contributed by atoms with Crippen LogP contribution in [-0.4, -0.2) is 58.0 Å². The van der Waals surface area contributed by atoms with Crippen LogP contribution in [0.25, 0.3) is 0 Å². The molecule has 3 aromatic carbocycles. The van der Waals surface area contributed by atoms with Gasteiger partial charge in [-0.15, -0.1) is 0 Å². The fourth-order valence-electron chi connectivity index (χ4n) is 4.29. The zero-order valence-corrected chi connectivity index (χ0v) is 25.1. The molecule has 0 aliphatic rings. The highest BCUT2D eigenvalue weighted by molar-refractivity contribution is 7.92. The molecule has 0 aliphatic carbocycles. The first kappa shape index (κ1) is 31.5. The summed E-state index contributed by atoms with van der Waals surface area (Å²) in [4.78, 5) is 29.0. The van der Waals surface area contributed by atoms with Gasteiger partial charge in [-0.3, -0.25) is 13.9 Å². The number of hydrogen-bond acceptors (Lipinski definition) is 6. The molecule has 0 radical (unpaired) electrons. The Bertz CT molecular complexity index is 1380. The van der Waals surface area contributed by atoms with E-state index in [4.69, 9.17) is 9.47 Å². The summed E-state index contributed by atoms with van der Waals surface area (Å²) in [5.74, 6) is 0.409. The van der Waals surface area contributed by atoms with E-state index in [9.17, 15) is 18.0 Å². The molecule has 220 valence electrons. The van der Waals surface area contributed by atoms with E-state index in [1.165, 1.54) is 24.1 Å². The molecule has 9 nitrogen and oxygen atoms in total. The molecule has 0 fully saturated rings. The van der Waals surface area contributed by atoms with Crippen molar-refractivity contribution in [3.63, 3.8) is 0 Å². The predicted molar refractivity (Wildman–Crippen MR) is 159 cm³/mol. The number of hydrogen-bond donors (Lipinski definition) is 1. The van der Waals surface area contributed by atoms with Crippen LogP contribution in [0.1, 0.15) is 39.2 Å². The molecule has 1 N–H and O–H groups in total. The van der Waals surface area contributed by atoms with Gasteiger partial charge < -0.3 is 19.7 Å². The molecule has 41 heavy (non-hydrogen) atoms. The van der Waals surface area contributed by atoms with Gasteiger partial charge in [-0.25, -0.2) is 8.42 Å². The van der Waals surface area contributed by atoms with Crippen LogP contribution < -0.4 is 19.1 Å². The molecule has 0 spiro atoms. The van der Waals surface area contributed by atoms with Gasteiger partial charge in [0, 0.05) is 12.6 Å². The molecule has 2 atom stereocenters. The van der Waals surface area contributed by atoms with Crippen molar-refractivity contribution >= 4 is 27.5 Å². The molecule has 10 heteroatoms.